The lowest BCUT2D eigenvalue weighted by Gasteiger charge is -2.08. The molecule has 0 fully saturated rings. The fraction of sp³-hybridized carbons (Fsp3) is 0.308. The van der Waals surface area contributed by atoms with Gasteiger partial charge in [-0.25, -0.2) is 0 Å². The molecule has 0 saturated heterocycles. The standard InChI is InChI=1S/C13H14ClN3O2S/c1-3-17-12(9-5-4-8(2)6-10(9)14)15-16-13(17)20-7-11(18)19/h4-6H,3,7H2,1-2H3,(H,18,19). The minimum atomic E-state index is -0.879. The molecule has 0 amide bonds. The highest BCUT2D eigenvalue weighted by Crippen LogP contribution is 2.30. The monoisotopic (exact) mass is 311 g/mol. The second-order valence-electron chi connectivity index (χ2n) is 4.22. The summed E-state index contributed by atoms with van der Waals surface area (Å²) in [6.45, 7) is 4.57. The molecule has 0 bridgehead atoms. The Morgan fingerprint density at radius 3 is 2.80 bits per heavy atom. The normalized spacial score (nSPS) is 10.8. The quantitative estimate of drug-likeness (QED) is 0.859. The van der Waals surface area contributed by atoms with Crippen molar-refractivity contribution in [2.45, 2.75) is 25.5 Å². The number of benzene rings is 1. The number of hydrogen-bond acceptors (Lipinski definition) is 4. The lowest BCUT2D eigenvalue weighted by atomic mass is 10.1. The molecular weight excluding hydrogens is 298 g/mol. The smallest absolute Gasteiger partial charge is 0.313 e. The molecule has 0 spiro atoms. The molecule has 2 aromatic rings. The largest absolute Gasteiger partial charge is 0.481 e. The maximum Gasteiger partial charge on any atom is 0.313 e. The molecule has 0 atom stereocenters. The first-order valence-electron chi connectivity index (χ1n) is 6.07. The Kier molecular flexibility index (Phi) is 4.67. The molecule has 20 heavy (non-hydrogen) atoms. The van der Waals surface area contributed by atoms with Gasteiger partial charge >= 0.3 is 5.97 Å². The number of halogens is 1. The molecule has 106 valence electrons. The summed E-state index contributed by atoms with van der Waals surface area (Å²) in [5, 5.41) is 18.1. The number of aryl methyl sites for hydroxylation is 1. The fourth-order valence-corrected chi connectivity index (χ4v) is 2.85. The topological polar surface area (TPSA) is 68.0 Å². The second-order valence-corrected chi connectivity index (χ2v) is 5.57. The first-order chi connectivity index (χ1) is 9.52. The van der Waals surface area contributed by atoms with Gasteiger partial charge in [-0.1, -0.05) is 29.4 Å². The first-order valence-corrected chi connectivity index (χ1v) is 7.43. The van der Waals surface area contributed by atoms with Gasteiger partial charge in [-0.3, -0.25) is 4.79 Å². The van der Waals surface area contributed by atoms with Crippen LogP contribution in [-0.2, 0) is 11.3 Å². The van der Waals surface area contributed by atoms with Crippen molar-refractivity contribution in [3.63, 3.8) is 0 Å². The lowest BCUT2D eigenvalue weighted by Crippen LogP contribution is -2.03. The van der Waals surface area contributed by atoms with E-state index in [1.165, 1.54) is 0 Å². The van der Waals surface area contributed by atoms with E-state index >= 15 is 0 Å². The van der Waals surface area contributed by atoms with Crippen molar-refractivity contribution in [2.24, 2.45) is 0 Å². The van der Waals surface area contributed by atoms with Crippen LogP contribution in [0.3, 0.4) is 0 Å². The number of carboxylic acid groups (broad SMARTS) is 1. The molecule has 0 aliphatic heterocycles. The van der Waals surface area contributed by atoms with Gasteiger partial charge in [-0.05, 0) is 31.5 Å². The van der Waals surface area contributed by atoms with Crippen molar-refractivity contribution in [3.8, 4) is 11.4 Å². The average Bonchev–Trinajstić information content (AvgIpc) is 2.79. The summed E-state index contributed by atoms with van der Waals surface area (Å²) in [4.78, 5) is 10.6. The third-order valence-electron chi connectivity index (χ3n) is 2.72. The van der Waals surface area contributed by atoms with Crippen molar-refractivity contribution >= 4 is 29.3 Å². The van der Waals surface area contributed by atoms with Crippen LogP contribution in [0, 0.1) is 6.92 Å². The number of aliphatic carboxylic acids is 1. The van der Waals surface area contributed by atoms with Crippen molar-refractivity contribution < 1.29 is 9.90 Å². The van der Waals surface area contributed by atoms with Crippen LogP contribution < -0.4 is 0 Å². The molecule has 1 aromatic carbocycles. The van der Waals surface area contributed by atoms with Gasteiger partial charge < -0.3 is 9.67 Å². The van der Waals surface area contributed by atoms with E-state index in [-0.39, 0.29) is 5.75 Å². The van der Waals surface area contributed by atoms with Crippen LogP contribution in [0.5, 0.6) is 0 Å². The van der Waals surface area contributed by atoms with E-state index in [2.05, 4.69) is 10.2 Å². The zero-order valence-electron chi connectivity index (χ0n) is 11.1. The maximum atomic E-state index is 10.6. The summed E-state index contributed by atoms with van der Waals surface area (Å²) in [5.74, 6) is -0.263. The van der Waals surface area contributed by atoms with Crippen LogP contribution >= 0.6 is 23.4 Å². The highest BCUT2D eigenvalue weighted by molar-refractivity contribution is 7.99. The van der Waals surface area contributed by atoms with Gasteiger partial charge in [0.05, 0.1) is 10.8 Å². The number of aromatic nitrogens is 3. The molecular formula is C13H14ClN3O2S. The highest BCUT2D eigenvalue weighted by Gasteiger charge is 2.16. The summed E-state index contributed by atoms with van der Waals surface area (Å²) < 4.78 is 1.87. The number of carboxylic acids is 1. The molecule has 0 aliphatic rings. The molecule has 1 N–H and O–H groups in total. The van der Waals surface area contributed by atoms with E-state index in [1.54, 1.807) is 0 Å². The molecule has 7 heteroatoms. The average molecular weight is 312 g/mol. The zero-order valence-corrected chi connectivity index (χ0v) is 12.7. The van der Waals surface area contributed by atoms with E-state index in [4.69, 9.17) is 16.7 Å². The Morgan fingerprint density at radius 1 is 1.45 bits per heavy atom. The Balaban J connectivity index is 2.39. The predicted octanol–water partition coefficient (Wildman–Crippen LogP) is 3.10. The third-order valence-corrected chi connectivity index (χ3v) is 3.99. The van der Waals surface area contributed by atoms with Crippen molar-refractivity contribution in [1.29, 1.82) is 0 Å². The van der Waals surface area contributed by atoms with E-state index in [0.717, 1.165) is 22.9 Å². The number of rotatable bonds is 5. The van der Waals surface area contributed by atoms with Crippen LogP contribution in [0.1, 0.15) is 12.5 Å². The third kappa shape index (κ3) is 3.13. The molecule has 1 aromatic heterocycles. The predicted molar refractivity (Wildman–Crippen MR) is 79.2 cm³/mol. The molecule has 2 rings (SSSR count). The first kappa shape index (κ1) is 14.9. The van der Waals surface area contributed by atoms with Crippen LogP contribution in [0.2, 0.25) is 5.02 Å². The van der Waals surface area contributed by atoms with Crippen LogP contribution in [0.15, 0.2) is 23.4 Å². The minimum Gasteiger partial charge on any atom is -0.481 e. The van der Waals surface area contributed by atoms with Crippen molar-refractivity contribution in [2.75, 3.05) is 5.75 Å². The molecule has 1 heterocycles. The van der Waals surface area contributed by atoms with E-state index in [9.17, 15) is 4.79 Å². The summed E-state index contributed by atoms with van der Waals surface area (Å²) in [6.07, 6.45) is 0. The minimum absolute atomic E-state index is 0.0419. The van der Waals surface area contributed by atoms with Gasteiger partial charge in [0, 0.05) is 12.1 Å². The Morgan fingerprint density at radius 2 is 2.20 bits per heavy atom. The highest BCUT2D eigenvalue weighted by atomic mass is 35.5. The number of thioether (sulfide) groups is 1. The molecule has 0 unspecified atom stereocenters. The van der Waals surface area contributed by atoms with Gasteiger partial charge in [0.15, 0.2) is 11.0 Å². The van der Waals surface area contributed by atoms with Crippen LogP contribution in [0.25, 0.3) is 11.4 Å². The summed E-state index contributed by atoms with van der Waals surface area (Å²) >= 11 is 7.40. The Bertz CT molecular complexity index is 643. The Hall–Kier alpha value is -1.53. The van der Waals surface area contributed by atoms with Crippen molar-refractivity contribution in [1.82, 2.24) is 14.8 Å². The number of hydrogen-bond donors (Lipinski definition) is 1. The fourth-order valence-electron chi connectivity index (χ4n) is 1.81. The van der Waals surface area contributed by atoms with Crippen molar-refractivity contribution in [3.05, 3.63) is 28.8 Å². The Labute approximate surface area is 126 Å². The van der Waals surface area contributed by atoms with Gasteiger partial charge in [0.1, 0.15) is 0 Å². The van der Waals surface area contributed by atoms with Gasteiger partial charge in [0.2, 0.25) is 0 Å². The van der Waals surface area contributed by atoms with Gasteiger partial charge in [0.25, 0.3) is 0 Å². The molecule has 0 aliphatic carbocycles. The van der Waals surface area contributed by atoms with Crippen LogP contribution in [-0.4, -0.2) is 31.6 Å². The molecule has 5 nitrogen and oxygen atoms in total. The number of carbonyl (C=O) groups is 1. The molecule has 0 saturated carbocycles. The van der Waals surface area contributed by atoms with Gasteiger partial charge in [-0.2, -0.15) is 0 Å². The number of nitrogens with zero attached hydrogens (tertiary/aromatic N) is 3. The zero-order chi connectivity index (χ0) is 14.7. The summed E-state index contributed by atoms with van der Waals surface area (Å²) in [6, 6.07) is 5.73. The van der Waals surface area contributed by atoms with Gasteiger partial charge in [-0.15, -0.1) is 10.2 Å². The van der Waals surface area contributed by atoms with E-state index in [0.29, 0.717) is 22.5 Å². The SMILES string of the molecule is CCn1c(SCC(=O)O)nnc1-c1ccc(C)cc1Cl. The van der Waals surface area contributed by atoms with E-state index < -0.39 is 5.97 Å². The van der Waals surface area contributed by atoms with Crippen LogP contribution in [0.4, 0.5) is 0 Å². The molecule has 0 radical (unpaired) electrons. The maximum absolute atomic E-state index is 10.6. The lowest BCUT2D eigenvalue weighted by molar-refractivity contribution is -0.133. The van der Waals surface area contributed by atoms with E-state index in [1.807, 2.05) is 36.6 Å². The summed E-state index contributed by atoms with van der Waals surface area (Å²) in [7, 11) is 0. The summed E-state index contributed by atoms with van der Waals surface area (Å²) in [5.41, 5.74) is 1.87. The second kappa shape index (κ2) is 6.28.